The van der Waals surface area contributed by atoms with Crippen LogP contribution in [-0.2, 0) is 0 Å². The van der Waals surface area contributed by atoms with Gasteiger partial charge in [0.1, 0.15) is 11.5 Å². The van der Waals surface area contributed by atoms with E-state index in [1.807, 2.05) is 37.3 Å². The van der Waals surface area contributed by atoms with Gasteiger partial charge in [0.15, 0.2) is 5.78 Å². The Labute approximate surface area is 137 Å². The van der Waals surface area contributed by atoms with E-state index in [9.17, 15) is 4.79 Å². The number of allylic oxidation sites excluding steroid dienone is 1. The molecule has 0 amide bonds. The van der Waals surface area contributed by atoms with E-state index in [0.29, 0.717) is 17.2 Å². The predicted molar refractivity (Wildman–Crippen MR) is 98.2 cm³/mol. The SMILES string of the molecule is C=Cn1c(C=CC)nc(C=Cc2cccc(C)c2C)c1C(C)=O. The van der Waals surface area contributed by atoms with Gasteiger partial charge in [0, 0.05) is 13.1 Å². The van der Waals surface area contributed by atoms with Crippen molar-refractivity contribution < 1.29 is 4.79 Å². The van der Waals surface area contributed by atoms with Gasteiger partial charge in [-0.15, -0.1) is 0 Å². The molecule has 3 nitrogen and oxygen atoms in total. The minimum atomic E-state index is -0.0335. The molecule has 0 spiro atoms. The van der Waals surface area contributed by atoms with Crippen molar-refractivity contribution in [1.82, 2.24) is 9.55 Å². The second kappa shape index (κ2) is 7.05. The maximum atomic E-state index is 12.0. The monoisotopic (exact) mass is 306 g/mol. The lowest BCUT2D eigenvalue weighted by Crippen LogP contribution is -2.03. The van der Waals surface area contributed by atoms with Gasteiger partial charge in [-0.3, -0.25) is 9.36 Å². The van der Waals surface area contributed by atoms with E-state index in [1.54, 1.807) is 17.7 Å². The Bertz CT molecular complexity index is 807. The molecule has 1 aromatic carbocycles. The van der Waals surface area contributed by atoms with Gasteiger partial charge in [0.25, 0.3) is 0 Å². The van der Waals surface area contributed by atoms with E-state index in [1.165, 1.54) is 11.1 Å². The number of benzene rings is 1. The summed E-state index contributed by atoms with van der Waals surface area (Å²) >= 11 is 0. The van der Waals surface area contributed by atoms with Crippen molar-refractivity contribution in [2.45, 2.75) is 27.7 Å². The molecule has 0 unspecified atom stereocenters. The molecular formula is C20H22N2O. The van der Waals surface area contributed by atoms with E-state index < -0.39 is 0 Å². The molecule has 3 heteroatoms. The number of nitrogens with zero attached hydrogens (tertiary/aromatic N) is 2. The summed E-state index contributed by atoms with van der Waals surface area (Å²) in [4.78, 5) is 16.6. The zero-order chi connectivity index (χ0) is 17.0. The second-order valence-electron chi connectivity index (χ2n) is 5.44. The van der Waals surface area contributed by atoms with Crippen molar-refractivity contribution in [1.29, 1.82) is 0 Å². The number of carbonyl (C=O) groups is 1. The van der Waals surface area contributed by atoms with Gasteiger partial charge in [-0.25, -0.2) is 4.98 Å². The first-order valence-corrected chi connectivity index (χ1v) is 7.62. The van der Waals surface area contributed by atoms with Crippen LogP contribution < -0.4 is 0 Å². The van der Waals surface area contributed by atoms with Crippen LogP contribution in [0.4, 0.5) is 0 Å². The molecule has 0 aliphatic rings. The predicted octanol–water partition coefficient (Wildman–Crippen LogP) is 5.01. The molecule has 2 rings (SSSR count). The fourth-order valence-corrected chi connectivity index (χ4v) is 2.51. The van der Waals surface area contributed by atoms with Crippen LogP contribution in [0.3, 0.4) is 0 Å². The largest absolute Gasteiger partial charge is 0.297 e. The lowest BCUT2D eigenvalue weighted by molar-refractivity contribution is 0.101. The highest BCUT2D eigenvalue weighted by Crippen LogP contribution is 2.20. The van der Waals surface area contributed by atoms with Crippen LogP contribution in [0.2, 0.25) is 0 Å². The maximum absolute atomic E-state index is 12.0. The van der Waals surface area contributed by atoms with Gasteiger partial charge in [-0.1, -0.05) is 36.9 Å². The summed E-state index contributed by atoms with van der Waals surface area (Å²) < 4.78 is 1.73. The molecule has 1 aromatic heterocycles. The highest BCUT2D eigenvalue weighted by Gasteiger charge is 2.16. The molecule has 23 heavy (non-hydrogen) atoms. The summed E-state index contributed by atoms with van der Waals surface area (Å²) in [7, 11) is 0. The summed E-state index contributed by atoms with van der Waals surface area (Å²) in [6.45, 7) is 11.4. The smallest absolute Gasteiger partial charge is 0.178 e. The van der Waals surface area contributed by atoms with E-state index >= 15 is 0 Å². The maximum Gasteiger partial charge on any atom is 0.178 e. The summed E-state index contributed by atoms with van der Waals surface area (Å²) in [5.41, 5.74) is 4.80. The number of carbonyl (C=O) groups excluding carboxylic acids is 1. The van der Waals surface area contributed by atoms with Gasteiger partial charge >= 0.3 is 0 Å². The molecule has 0 aliphatic heterocycles. The van der Waals surface area contributed by atoms with Crippen molar-refractivity contribution in [2.24, 2.45) is 0 Å². The van der Waals surface area contributed by atoms with E-state index in [-0.39, 0.29) is 5.78 Å². The van der Waals surface area contributed by atoms with Crippen molar-refractivity contribution >= 4 is 30.2 Å². The fraction of sp³-hybridized carbons (Fsp3) is 0.200. The zero-order valence-electron chi connectivity index (χ0n) is 14.1. The molecule has 0 saturated carbocycles. The molecule has 1 heterocycles. The lowest BCUT2D eigenvalue weighted by Gasteiger charge is -2.04. The number of rotatable bonds is 5. The van der Waals surface area contributed by atoms with Gasteiger partial charge in [-0.05, 0) is 49.6 Å². The topological polar surface area (TPSA) is 34.9 Å². The van der Waals surface area contributed by atoms with Crippen molar-refractivity contribution in [3.8, 4) is 0 Å². The lowest BCUT2D eigenvalue weighted by atomic mass is 10.0. The Hall–Kier alpha value is -2.68. The standard InChI is InChI=1S/C20H22N2O/c1-6-9-19-21-18(20(16(5)23)22(19)7-2)13-12-17-11-8-10-14(3)15(17)4/h6-13H,2H2,1,3-5H3. The summed E-state index contributed by atoms with van der Waals surface area (Å²) in [5, 5.41) is 0. The highest BCUT2D eigenvalue weighted by molar-refractivity contribution is 5.97. The Balaban J connectivity index is 2.55. The molecular weight excluding hydrogens is 284 g/mol. The van der Waals surface area contributed by atoms with Crippen LogP contribution in [0, 0.1) is 13.8 Å². The van der Waals surface area contributed by atoms with Crippen LogP contribution in [0.5, 0.6) is 0 Å². The molecule has 118 valence electrons. The van der Waals surface area contributed by atoms with Crippen LogP contribution in [-0.4, -0.2) is 15.3 Å². The molecule has 0 aliphatic carbocycles. The summed E-state index contributed by atoms with van der Waals surface area (Å²) in [6, 6.07) is 6.18. The quantitative estimate of drug-likeness (QED) is 0.728. The fourth-order valence-electron chi connectivity index (χ4n) is 2.51. The van der Waals surface area contributed by atoms with Crippen LogP contribution in [0.25, 0.3) is 24.4 Å². The third-order valence-corrected chi connectivity index (χ3v) is 3.86. The normalized spacial score (nSPS) is 11.5. The molecule has 2 aromatic rings. The highest BCUT2D eigenvalue weighted by atomic mass is 16.1. The van der Waals surface area contributed by atoms with Crippen molar-refractivity contribution in [2.75, 3.05) is 0 Å². The number of aryl methyl sites for hydroxylation is 1. The molecule has 0 atom stereocenters. The van der Waals surface area contributed by atoms with Gasteiger partial charge < -0.3 is 0 Å². The minimum Gasteiger partial charge on any atom is -0.297 e. The van der Waals surface area contributed by atoms with Gasteiger partial charge in [0.05, 0.1) is 5.69 Å². The van der Waals surface area contributed by atoms with Crippen LogP contribution in [0.1, 0.15) is 52.5 Å². The van der Waals surface area contributed by atoms with Crippen LogP contribution >= 0.6 is 0 Å². The molecule has 0 fully saturated rings. The second-order valence-corrected chi connectivity index (χ2v) is 5.44. The van der Waals surface area contributed by atoms with Gasteiger partial charge in [0.2, 0.25) is 0 Å². The number of hydrogen-bond acceptors (Lipinski definition) is 2. The van der Waals surface area contributed by atoms with Crippen molar-refractivity contribution in [3.63, 3.8) is 0 Å². The Morgan fingerprint density at radius 3 is 2.57 bits per heavy atom. The zero-order valence-corrected chi connectivity index (χ0v) is 14.1. The number of imidazole rings is 1. The number of ketones is 1. The number of aromatic nitrogens is 2. The Morgan fingerprint density at radius 2 is 1.96 bits per heavy atom. The minimum absolute atomic E-state index is 0.0335. The third kappa shape index (κ3) is 3.39. The van der Waals surface area contributed by atoms with Crippen molar-refractivity contribution in [3.05, 3.63) is 64.8 Å². The average Bonchev–Trinajstić information content (AvgIpc) is 2.87. The first-order valence-electron chi connectivity index (χ1n) is 7.62. The number of Topliss-reactive ketones (excluding diaryl/α,β-unsaturated/α-hetero) is 1. The van der Waals surface area contributed by atoms with Crippen LogP contribution in [0.15, 0.2) is 30.9 Å². The third-order valence-electron chi connectivity index (χ3n) is 3.86. The summed E-state index contributed by atoms with van der Waals surface area (Å²) in [5.74, 6) is 0.669. The van der Waals surface area contributed by atoms with E-state index in [4.69, 9.17) is 0 Å². The molecule has 0 bridgehead atoms. The number of hydrogen-bond donors (Lipinski definition) is 0. The van der Waals surface area contributed by atoms with Gasteiger partial charge in [-0.2, -0.15) is 0 Å². The molecule has 0 N–H and O–H groups in total. The van der Waals surface area contributed by atoms with E-state index in [2.05, 4.69) is 37.5 Å². The molecule has 0 radical (unpaired) electrons. The first kappa shape index (κ1) is 16.7. The Morgan fingerprint density at radius 1 is 1.22 bits per heavy atom. The first-order chi connectivity index (χ1) is 11.0. The van der Waals surface area contributed by atoms with E-state index in [0.717, 1.165) is 5.56 Å². The molecule has 0 saturated heterocycles. The Kier molecular flexibility index (Phi) is 5.12. The average molecular weight is 306 g/mol. The summed E-state index contributed by atoms with van der Waals surface area (Å²) in [6.07, 6.45) is 9.28.